The molecule has 0 N–H and O–H groups in total. The molecule has 7 nitrogen and oxygen atoms in total. The number of hydrogen-bond donors (Lipinski definition) is 0. The van der Waals surface area contributed by atoms with Crippen LogP contribution in [0.15, 0.2) is 46.7 Å². The van der Waals surface area contributed by atoms with Crippen molar-refractivity contribution in [3.05, 3.63) is 52.2 Å². The van der Waals surface area contributed by atoms with Gasteiger partial charge in [-0.3, -0.25) is 4.79 Å². The quantitative estimate of drug-likeness (QED) is 0.547. The Bertz CT molecular complexity index is 868. The molecule has 0 bridgehead atoms. The number of nitrogens with zero attached hydrogens (tertiary/aromatic N) is 1. The van der Waals surface area contributed by atoms with Crippen LogP contribution in [-0.4, -0.2) is 57.4 Å². The smallest absolute Gasteiger partial charge is 0.348 e. The molecule has 1 aliphatic heterocycles. The summed E-state index contributed by atoms with van der Waals surface area (Å²) >= 11 is 1.23. The van der Waals surface area contributed by atoms with Gasteiger partial charge in [0.2, 0.25) is 10.0 Å². The molecule has 1 aliphatic rings. The number of carbonyl (C=O) groups is 2. The molecule has 26 heavy (non-hydrogen) atoms. The molecule has 1 fully saturated rings. The molecule has 1 aromatic carbocycles. The number of hydrogen-bond acceptors (Lipinski definition) is 7. The van der Waals surface area contributed by atoms with E-state index in [4.69, 9.17) is 9.47 Å². The minimum absolute atomic E-state index is 0.117. The van der Waals surface area contributed by atoms with E-state index < -0.39 is 28.4 Å². The molecular formula is C17H17NO6S2. The molecule has 9 heteroatoms. The van der Waals surface area contributed by atoms with Crippen LogP contribution in [0.25, 0.3) is 0 Å². The van der Waals surface area contributed by atoms with Crippen LogP contribution in [0.2, 0.25) is 0 Å². The number of thiophene rings is 1. The van der Waals surface area contributed by atoms with Crippen molar-refractivity contribution in [2.45, 2.75) is 4.90 Å². The molecule has 2 heterocycles. The maximum atomic E-state index is 12.5. The SMILES string of the molecule is O=C(COC(=O)c1cccs1)c1ccc(S(=O)(=O)N2CCOCC2)cc1. The highest BCUT2D eigenvalue weighted by molar-refractivity contribution is 7.89. The molecule has 0 saturated carbocycles. The zero-order valence-corrected chi connectivity index (χ0v) is 15.4. The van der Waals surface area contributed by atoms with E-state index in [0.29, 0.717) is 31.2 Å². The third-order valence-electron chi connectivity index (χ3n) is 3.84. The van der Waals surface area contributed by atoms with Crippen LogP contribution in [0, 0.1) is 0 Å². The maximum Gasteiger partial charge on any atom is 0.348 e. The normalized spacial score (nSPS) is 15.5. The third-order valence-corrected chi connectivity index (χ3v) is 6.60. The van der Waals surface area contributed by atoms with Crippen molar-refractivity contribution in [3.8, 4) is 0 Å². The molecule has 0 amide bonds. The highest BCUT2D eigenvalue weighted by Crippen LogP contribution is 2.18. The standard InChI is InChI=1S/C17H17NO6S2/c19-15(12-24-17(20)16-2-1-11-25-16)13-3-5-14(6-4-13)26(21,22)18-7-9-23-10-8-18/h1-6,11H,7-10,12H2. The largest absolute Gasteiger partial charge is 0.453 e. The van der Waals surface area contributed by atoms with Gasteiger partial charge in [-0.05, 0) is 35.7 Å². The lowest BCUT2D eigenvalue weighted by Crippen LogP contribution is -2.40. The Kier molecular flexibility index (Phi) is 5.82. The molecular weight excluding hydrogens is 378 g/mol. The van der Waals surface area contributed by atoms with Crippen molar-refractivity contribution in [1.29, 1.82) is 0 Å². The van der Waals surface area contributed by atoms with Gasteiger partial charge < -0.3 is 9.47 Å². The number of esters is 1. The predicted octanol–water partition coefficient (Wildman–Crippen LogP) is 1.81. The van der Waals surface area contributed by atoms with Crippen molar-refractivity contribution in [2.24, 2.45) is 0 Å². The van der Waals surface area contributed by atoms with Gasteiger partial charge in [-0.1, -0.05) is 6.07 Å². The van der Waals surface area contributed by atoms with Crippen molar-refractivity contribution in [3.63, 3.8) is 0 Å². The summed E-state index contributed by atoms with van der Waals surface area (Å²) in [4.78, 5) is 24.4. The van der Waals surface area contributed by atoms with Crippen molar-refractivity contribution >= 4 is 33.1 Å². The van der Waals surface area contributed by atoms with Gasteiger partial charge in [0.25, 0.3) is 0 Å². The molecule has 0 spiro atoms. The fraction of sp³-hybridized carbons (Fsp3) is 0.294. The van der Waals surface area contributed by atoms with Gasteiger partial charge in [0.05, 0.1) is 18.1 Å². The summed E-state index contributed by atoms with van der Waals surface area (Å²) in [6.45, 7) is 0.951. The third kappa shape index (κ3) is 4.18. The summed E-state index contributed by atoms with van der Waals surface area (Å²) in [6, 6.07) is 8.96. The molecule has 0 unspecified atom stereocenters. The highest BCUT2D eigenvalue weighted by atomic mass is 32.2. The fourth-order valence-corrected chi connectivity index (χ4v) is 4.45. The molecule has 3 rings (SSSR count). The van der Waals surface area contributed by atoms with Crippen molar-refractivity contribution in [2.75, 3.05) is 32.9 Å². The summed E-state index contributed by atoms with van der Waals surface area (Å²) in [5.41, 5.74) is 0.282. The van der Waals surface area contributed by atoms with E-state index in [2.05, 4.69) is 0 Å². The zero-order valence-electron chi connectivity index (χ0n) is 13.8. The van der Waals surface area contributed by atoms with Crippen molar-refractivity contribution < 1.29 is 27.5 Å². The van der Waals surface area contributed by atoms with E-state index >= 15 is 0 Å². The highest BCUT2D eigenvalue weighted by Gasteiger charge is 2.26. The maximum absolute atomic E-state index is 12.5. The van der Waals surface area contributed by atoms with Crippen LogP contribution in [0.3, 0.4) is 0 Å². The molecule has 1 aromatic heterocycles. The van der Waals surface area contributed by atoms with Gasteiger partial charge in [-0.15, -0.1) is 11.3 Å². The van der Waals surface area contributed by atoms with Gasteiger partial charge >= 0.3 is 5.97 Å². The average molecular weight is 395 g/mol. The van der Waals surface area contributed by atoms with Gasteiger partial charge in [0.15, 0.2) is 12.4 Å². The van der Waals surface area contributed by atoms with E-state index in [0.717, 1.165) is 0 Å². The summed E-state index contributed by atoms with van der Waals surface area (Å²) in [5.74, 6) is -0.954. The van der Waals surface area contributed by atoms with Crippen LogP contribution in [0.4, 0.5) is 0 Å². The fourth-order valence-electron chi connectivity index (χ4n) is 2.43. The molecule has 1 saturated heterocycles. The van der Waals surface area contributed by atoms with Gasteiger partial charge in [0, 0.05) is 18.7 Å². The van der Waals surface area contributed by atoms with Gasteiger partial charge in [0.1, 0.15) is 4.88 Å². The number of sulfonamides is 1. The molecule has 0 radical (unpaired) electrons. The first-order chi connectivity index (χ1) is 12.5. The Morgan fingerprint density at radius 2 is 1.81 bits per heavy atom. The number of ketones is 1. The van der Waals surface area contributed by atoms with Crippen LogP contribution in [0.1, 0.15) is 20.0 Å². The Hall–Kier alpha value is -2.07. The minimum Gasteiger partial charge on any atom is -0.453 e. The Morgan fingerprint density at radius 1 is 1.12 bits per heavy atom. The van der Waals surface area contributed by atoms with Crippen LogP contribution in [0.5, 0.6) is 0 Å². The second-order valence-electron chi connectivity index (χ2n) is 5.52. The van der Waals surface area contributed by atoms with Gasteiger partial charge in [-0.25, -0.2) is 13.2 Å². The second kappa shape index (κ2) is 8.09. The monoisotopic (exact) mass is 395 g/mol. The first-order valence-corrected chi connectivity index (χ1v) is 10.2. The van der Waals surface area contributed by atoms with Gasteiger partial charge in [-0.2, -0.15) is 4.31 Å². The number of benzene rings is 1. The molecule has 2 aromatic rings. The Morgan fingerprint density at radius 3 is 2.42 bits per heavy atom. The Labute approximate surface area is 155 Å². The van der Waals surface area contributed by atoms with E-state index in [1.165, 1.54) is 39.9 Å². The van der Waals surface area contributed by atoms with E-state index in [9.17, 15) is 18.0 Å². The predicted molar refractivity (Wildman–Crippen MR) is 95.0 cm³/mol. The summed E-state index contributed by atoms with van der Waals surface area (Å²) in [7, 11) is -3.60. The van der Waals surface area contributed by atoms with Crippen LogP contribution in [-0.2, 0) is 19.5 Å². The lowest BCUT2D eigenvalue weighted by Gasteiger charge is -2.26. The summed E-state index contributed by atoms with van der Waals surface area (Å²) in [6.07, 6.45) is 0. The van der Waals surface area contributed by atoms with Crippen LogP contribution >= 0.6 is 11.3 Å². The van der Waals surface area contributed by atoms with Crippen molar-refractivity contribution in [1.82, 2.24) is 4.31 Å². The Balaban J connectivity index is 1.63. The number of rotatable bonds is 6. The average Bonchev–Trinajstić information content (AvgIpc) is 3.21. The van der Waals surface area contributed by atoms with E-state index in [-0.39, 0.29) is 10.5 Å². The second-order valence-corrected chi connectivity index (χ2v) is 8.40. The lowest BCUT2D eigenvalue weighted by molar-refractivity contribution is 0.0479. The lowest BCUT2D eigenvalue weighted by atomic mass is 10.1. The minimum atomic E-state index is -3.60. The van der Waals surface area contributed by atoms with E-state index in [1.54, 1.807) is 17.5 Å². The topological polar surface area (TPSA) is 90.0 Å². The number of carbonyl (C=O) groups excluding carboxylic acids is 2. The first-order valence-electron chi connectivity index (χ1n) is 7.90. The summed E-state index contributed by atoms with van der Waals surface area (Å²) < 4.78 is 36.6. The number of Topliss-reactive ketones (excluding diaryl/α,β-unsaturated/α-hetero) is 1. The summed E-state index contributed by atoms with van der Waals surface area (Å²) in [5, 5.41) is 1.74. The zero-order chi connectivity index (χ0) is 18.6. The molecule has 138 valence electrons. The van der Waals surface area contributed by atoms with E-state index in [1.807, 2.05) is 0 Å². The first kappa shape index (κ1) is 18.7. The molecule has 0 aliphatic carbocycles. The number of ether oxygens (including phenoxy) is 2. The molecule has 0 atom stereocenters. The van der Waals surface area contributed by atoms with Crippen LogP contribution < -0.4 is 0 Å². The number of morpholine rings is 1.